The molecule has 0 amide bonds. The molecule has 1 N–H and O–H groups in total. The number of nitro groups is 1. The smallest absolute Gasteiger partial charge is 0.277 e. The van der Waals surface area contributed by atoms with Crippen LogP contribution in [0.3, 0.4) is 0 Å². The lowest BCUT2D eigenvalue weighted by Crippen LogP contribution is -1.93. The van der Waals surface area contributed by atoms with E-state index >= 15 is 0 Å². The number of benzene rings is 3. The van der Waals surface area contributed by atoms with Crippen LogP contribution in [0.4, 0.5) is 5.69 Å². The summed E-state index contributed by atoms with van der Waals surface area (Å²) >= 11 is 0. The molecular formula is C18H12N2O2. The second kappa shape index (κ2) is 4.70. The van der Waals surface area contributed by atoms with E-state index in [-0.39, 0.29) is 10.6 Å². The molecule has 0 fully saturated rings. The molecule has 1 heterocycles. The maximum Gasteiger partial charge on any atom is 0.277 e. The highest BCUT2D eigenvalue weighted by molar-refractivity contribution is 6.01. The van der Waals surface area contributed by atoms with Crippen LogP contribution in [0.25, 0.3) is 32.8 Å². The van der Waals surface area contributed by atoms with Gasteiger partial charge in [0.1, 0.15) is 0 Å². The predicted molar refractivity (Wildman–Crippen MR) is 87.9 cm³/mol. The average Bonchev–Trinajstić information content (AvgIpc) is 3.02. The predicted octanol–water partition coefficient (Wildman–Crippen LogP) is 4.90. The highest BCUT2D eigenvalue weighted by Gasteiger charge is 2.18. The Kier molecular flexibility index (Phi) is 2.69. The van der Waals surface area contributed by atoms with Crippen molar-refractivity contribution in [2.24, 2.45) is 0 Å². The number of hydrogen-bond acceptors (Lipinski definition) is 2. The first-order valence-electron chi connectivity index (χ1n) is 6.98. The van der Waals surface area contributed by atoms with E-state index in [1.54, 1.807) is 6.07 Å². The number of nitrogens with zero attached hydrogens (tertiary/aromatic N) is 1. The normalized spacial score (nSPS) is 11.1. The van der Waals surface area contributed by atoms with E-state index in [1.165, 1.54) is 0 Å². The molecule has 0 aliphatic heterocycles. The fourth-order valence-electron chi connectivity index (χ4n) is 2.92. The van der Waals surface area contributed by atoms with Gasteiger partial charge in [0.25, 0.3) is 5.69 Å². The quantitative estimate of drug-likeness (QED) is 0.421. The van der Waals surface area contributed by atoms with Crippen LogP contribution in [0.2, 0.25) is 0 Å². The fourth-order valence-corrected chi connectivity index (χ4v) is 2.92. The number of fused-ring (bicyclic) bond motifs is 2. The van der Waals surface area contributed by atoms with Crippen molar-refractivity contribution in [1.82, 2.24) is 4.98 Å². The lowest BCUT2D eigenvalue weighted by molar-refractivity contribution is -0.384. The van der Waals surface area contributed by atoms with Crippen molar-refractivity contribution in [3.05, 3.63) is 77.0 Å². The van der Waals surface area contributed by atoms with Crippen molar-refractivity contribution in [3.63, 3.8) is 0 Å². The Morgan fingerprint density at radius 3 is 2.41 bits per heavy atom. The largest absolute Gasteiger partial charge is 0.361 e. The van der Waals surface area contributed by atoms with E-state index in [0.717, 1.165) is 27.2 Å². The van der Waals surface area contributed by atoms with Crippen molar-refractivity contribution in [2.45, 2.75) is 0 Å². The van der Waals surface area contributed by atoms with Gasteiger partial charge in [-0.1, -0.05) is 36.4 Å². The molecule has 0 unspecified atom stereocenters. The molecule has 3 aromatic carbocycles. The Morgan fingerprint density at radius 1 is 0.864 bits per heavy atom. The molecule has 0 bridgehead atoms. The maximum absolute atomic E-state index is 11.5. The molecule has 0 saturated heterocycles. The van der Waals surface area contributed by atoms with E-state index in [0.29, 0.717) is 5.56 Å². The topological polar surface area (TPSA) is 58.9 Å². The fraction of sp³-hybridized carbons (Fsp3) is 0. The first-order valence-corrected chi connectivity index (χ1v) is 6.98. The zero-order chi connectivity index (χ0) is 15.1. The molecule has 4 nitrogen and oxygen atoms in total. The van der Waals surface area contributed by atoms with E-state index < -0.39 is 0 Å². The zero-order valence-corrected chi connectivity index (χ0v) is 11.6. The lowest BCUT2D eigenvalue weighted by atomic mass is 9.97. The Morgan fingerprint density at radius 2 is 1.64 bits per heavy atom. The van der Waals surface area contributed by atoms with Crippen molar-refractivity contribution in [3.8, 4) is 11.1 Å². The number of aromatic nitrogens is 1. The highest BCUT2D eigenvalue weighted by Crippen LogP contribution is 2.37. The van der Waals surface area contributed by atoms with Crippen molar-refractivity contribution < 1.29 is 4.92 Å². The van der Waals surface area contributed by atoms with Gasteiger partial charge in [0.15, 0.2) is 0 Å². The third-order valence-corrected chi connectivity index (χ3v) is 3.95. The summed E-state index contributed by atoms with van der Waals surface area (Å²) in [6, 6.07) is 19.0. The van der Waals surface area contributed by atoms with Gasteiger partial charge in [0, 0.05) is 23.2 Å². The summed E-state index contributed by atoms with van der Waals surface area (Å²) in [4.78, 5) is 14.3. The molecule has 0 atom stereocenters. The van der Waals surface area contributed by atoms with Gasteiger partial charge in [-0.2, -0.15) is 0 Å². The summed E-state index contributed by atoms with van der Waals surface area (Å²) in [5, 5.41) is 14.4. The van der Waals surface area contributed by atoms with Gasteiger partial charge in [0.05, 0.1) is 10.5 Å². The molecule has 0 aliphatic rings. The van der Waals surface area contributed by atoms with E-state index in [2.05, 4.69) is 4.98 Å². The van der Waals surface area contributed by atoms with Gasteiger partial charge in [-0.15, -0.1) is 0 Å². The van der Waals surface area contributed by atoms with Gasteiger partial charge in [-0.25, -0.2) is 0 Å². The second-order valence-corrected chi connectivity index (χ2v) is 5.22. The van der Waals surface area contributed by atoms with Crippen LogP contribution in [-0.4, -0.2) is 9.91 Å². The van der Waals surface area contributed by atoms with Gasteiger partial charge >= 0.3 is 0 Å². The molecule has 106 valence electrons. The molecule has 0 radical (unpaired) electrons. The van der Waals surface area contributed by atoms with Crippen LogP contribution < -0.4 is 0 Å². The van der Waals surface area contributed by atoms with Crippen LogP contribution >= 0.6 is 0 Å². The third kappa shape index (κ3) is 1.85. The van der Waals surface area contributed by atoms with Gasteiger partial charge < -0.3 is 4.98 Å². The number of nitro benzene ring substituents is 1. The molecule has 22 heavy (non-hydrogen) atoms. The lowest BCUT2D eigenvalue weighted by Gasteiger charge is -2.07. The number of H-pyrrole nitrogens is 1. The molecule has 4 heteroatoms. The molecule has 0 aliphatic carbocycles. The van der Waals surface area contributed by atoms with E-state index in [1.807, 2.05) is 60.8 Å². The summed E-state index contributed by atoms with van der Waals surface area (Å²) in [5.41, 5.74) is 2.62. The van der Waals surface area contributed by atoms with Crippen molar-refractivity contribution in [2.75, 3.05) is 0 Å². The standard InChI is InChI=1S/C18H12N2O2/c21-20(22)18-11-13-5-2-1-4-12(13)10-16(18)14-6-3-7-17-15(14)8-9-19-17/h1-11,19H. The summed E-state index contributed by atoms with van der Waals surface area (Å²) < 4.78 is 0. The van der Waals surface area contributed by atoms with Gasteiger partial charge in [-0.05, 0) is 34.5 Å². The van der Waals surface area contributed by atoms with Gasteiger partial charge in [0.2, 0.25) is 0 Å². The van der Waals surface area contributed by atoms with Crippen LogP contribution in [-0.2, 0) is 0 Å². The highest BCUT2D eigenvalue weighted by atomic mass is 16.6. The molecular weight excluding hydrogens is 276 g/mol. The Balaban J connectivity index is 2.10. The minimum Gasteiger partial charge on any atom is -0.361 e. The zero-order valence-electron chi connectivity index (χ0n) is 11.6. The van der Waals surface area contributed by atoms with Gasteiger partial charge in [-0.3, -0.25) is 10.1 Å². The monoisotopic (exact) mass is 288 g/mol. The first kappa shape index (κ1) is 12.6. The summed E-state index contributed by atoms with van der Waals surface area (Å²) in [6.45, 7) is 0. The number of rotatable bonds is 2. The second-order valence-electron chi connectivity index (χ2n) is 5.22. The minimum atomic E-state index is -0.312. The SMILES string of the molecule is O=[N+]([O-])c1cc2ccccc2cc1-c1cccc2[nH]ccc12. The molecule has 0 saturated carbocycles. The Hall–Kier alpha value is -3.14. The van der Waals surface area contributed by atoms with Crippen molar-refractivity contribution in [1.29, 1.82) is 0 Å². The number of nitrogens with one attached hydrogen (secondary N) is 1. The molecule has 1 aromatic heterocycles. The summed E-state index contributed by atoms with van der Waals surface area (Å²) in [6.07, 6.45) is 1.85. The number of aromatic amines is 1. The molecule has 0 spiro atoms. The average molecular weight is 288 g/mol. The van der Waals surface area contributed by atoms with Crippen LogP contribution in [0.5, 0.6) is 0 Å². The van der Waals surface area contributed by atoms with Crippen LogP contribution in [0.1, 0.15) is 0 Å². The van der Waals surface area contributed by atoms with E-state index in [4.69, 9.17) is 0 Å². The summed E-state index contributed by atoms with van der Waals surface area (Å²) in [7, 11) is 0. The Bertz CT molecular complexity index is 1020. The molecule has 4 rings (SSSR count). The van der Waals surface area contributed by atoms with E-state index in [9.17, 15) is 10.1 Å². The maximum atomic E-state index is 11.5. The van der Waals surface area contributed by atoms with Crippen LogP contribution in [0, 0.1) is 10.1 Å². The third-order valence-electron chi connectivity index (χ3n) is 3.95. The summed E-state index contributed by atoms with van der Waals surface area (Å²) in [5.74, 6) is 0. The molecule has 4 aromatic rings. The Labute approximate surface area is 126 Å². The van der Waals surface area contributed by atoms with Crippen molar-refractivity contribution >= 4 is 27.4 Å². The number of hydrogen-bond donors (Lipinski definition) is 1. The van der Waals surface area contributed by atoms with Crippen LogP contribution in [0.15, 0.2) is 66.9 Å². The first-order chi connectivity index (χ1) is 10.7. The minimum absolute atomic E-state index is 0.132.